The lowest BCUT2D eigenvalue weighted by Gasteiger charge is -2.18. The molecule has 0 saturated carbocycles. The fourth-order valence-corrected chi connectivity index (χ4v) is 2.92. The number of nitriles is 1. The Bertz CT molecular complexity index is 898. The van der Waals surface area contributed by atoms with Crippen molar-refractivity contribution in [1.82, 2.24) is 0 Å². The third-order valence-electron chi connectivity index (χ3n) is 4.00. The number of ether oxygens (including phenoxy) is 4. The lowest BCUT2D eigenvalue weighted by atomic mass is 10.0. The van der Waals surface area contributed by atoms with Gasteiger partial charge >= 0.3 is 5.97 Å². The van der Waals surface area contributed by atoms with Crippen LogP contribution in [-0.4, -0.2) is 24.8 Å². The van der Waals surface area contributed by atoms with Crippen LogP contribution in [-0.2, 0) is 11.2 Å². The number of hydrogen-bond acceptors (Lipinski definition) is 6. The molecule has 3 rings (SSSR count). The van der Waals surface area contributed by atoms with Crippen LogP contribution in [0.25, 0.3) is 0 Å². The first-order chi connectivity index (χ1) is 12.9. The summed E-state index contributed by atoms with van der Waals surface area (Å²) in [4.78, 5) is 12.2. The lowest BCUT2D eigenvalue weighted by molar-refractivity contribution is -0.136. The highest BCUT2D eigenvalue weighted by Gasteiger charge is 2.32. The van der Waals surface area contributed by atoms with E-state index in [-0.39, 0.29) is 18.0 Å². The molecule has 27 heavy (non-hydrogen) atoms. The van der Waals surface area contributed by atoms with Crippen LogP contribution in [0.15, 0.2) is 36.4 Å². The van der Waals surface area contributed by atoms with E-state index in [1.54, 1.807) is 12.1 Å². The highest BCUT2D eigenvalue weighted by atomic mass is 16.6. The maximum Gasteiger partial charge on any atom is 0.349 e. The largest absolute Gasteiger partial charge is 0.490 e. The van der Waals surface area contributed by atoms with Gasteiger partial charge in [0.15, 0.2) is 29.6 Å². The van der Waals surface area contributed by atoms with E-state index in [1.807, 2.05) is 39.0 Å². The molecule has 0 fully saturated rings. The normalized spacial score (nSPS) is 13.9. The highest BCUT2D eigenvalue weighted by molar-refractivity contribution is 5.75. The van der Waals surface area contributed by atoms with Crippen molar-refractivity contribution in [1.29, 1.82) is 5.26 Å². The van der Waals surface area contributed by atoms with Crippen LogP contribution in [0.3, 0.4) is 0 Å². The molecule has 2 aromatic rings. The van der Waals surface area contributed by atoms with Gasteiger partial charge in [-0.3, -0.25) is 0 Å². The molecule has 0 bridgehead atoms. The van der Waals surface area contributed by atoms with Crippen LogP contribution >= 0.6 is 0 Å². The van der Waals surface area contributed by atoms with Gasteiger partial charge in [0.2, 0.25) is 0 Å². The van der Waals surface area contributed by atoms with E-state index in [1.165, 1.54) is 12.1 Å². The minimum Gasteiger partial charge on any atom is -0.490 e. The fourth-order valence-electron chi connectivity index (χ4n) is 2.92. The van der Waals surface area contributed by atoms with Gasteiger partial charge in [0.1, 0.15) is 5.60 Å². The number of esters is 1. The van der Waals surface area contributed by atoms with Crippen LogP contribution < -0.4 is 18.9 Å². The molecular weight excluding hydrogens is 346 g/mol. The number of rotatable bonds is 6. The van der Waals surface area contributed by atoms with Crippen molar-refractivity contribution in [2.75, 3.05) is 13.2 Å². The summed E-state index contributed by atoms with van der Waals surface area (Å²) in [6.07, 6.45) is 0.785. The summed E-state index contributed by atoms with van der Waals surface area (Å²) in [5.41, 5.74) is 1.18. The SMILES string of the molecule is CCOc1cc(C#N)ccc1OC(=O)COc1cccc2c1OC(C)(C)C2. The van der Waals surface area contributed by atoms with E-state index in [4.69, 9.17) is 24.2 Å². The summed E-state index contributed by atoms with van der Waals surface area (Å²) in [7, 11) is 0. The molecule has 0 aromatic heterocycles. The Hall–Kier alpha value is -3.20. The van der Waals surface area contributed by atoms with Crippen LogP contribution in [0.5, 0.6) is 23.0 Å². The molecular formula is C21H21NO5. The van der Waals surface area contributed by atoms with Crippen LogP contribution in [0.4, 0.5) is 0 Å². The van der Waals surface area contributed by atoms with E-state index in [0.29, 0.717) is 29.4 Å². The van der Waals surface area contributed by atoms with Gasteiger partial charge in [0, 0.05) is 18.1 Å². The molecule has 6 heteroatoms. The van der Waals surface area contributed by atoms with Gasteiger partial charge in [-0.25, -0.2) is 4.79 Å². The number of carbonyl (C=O) groups excluding carboxylic acids is 1. The number of hydrogen-bond donors (Lipinski definition) is 0. The summed E-state index contributed by atoms with van der Waals surface area (Å²) < 4.78 is 22.3. The van der Waals surface area contributed by atoms with E-state index < -0.39 is 5.97 Å². The van der Waals surface area contributed by atoms with E-state index in [9.17, 15) is 4.79 Å². The molecule has 1 aliphatic heterocycles. The van der Waals surface area contributed by atoms with Crippen molar-refractivity contribution >= 4 is 5.97 Å². The highest BCUT2D eigenvalue weighted by Crippen LogP contribution is 2.41. The van der Waals surface area contributed by atoms with Gasteiger partial charge in [-0.2, -0.15) is 5.26 Å². The summed E-state index contributed by atoms with van der Waals surface area (Å²) in [5.74, 6) is 1.20. The Morgan fingerprint density at radius 3 is 2.74 bits per heavy atom. The molecule has 0 radical (unpaired) electrons. The molecule has 0 amide bonds. The number of carbonyl (C=O) groups is 1. The Balaban J connectivity index is 1.67. The molecule has 0 saturated heterocycles. The first-order valence-electron chi connectivity index (χ1n) is 8.73. The first kappa shape index (κ1) is 18.6. The van der Waals surface area contributed by atoms with Crippen molar-refractivity contribution < 1.29 is 23.7 Å². The minimum atomic E-state index is -0.574. The standard InChI is InChI=1S/C21H21NO5/c1-4-24-18-10-14(12-22)8-9-16(18)26-19(23)13-25-17-7-5-6-15-11-21(2,3)27-20(15)17/h5-10H,4,11,13H2,1-3H3. The van der Waals surface area contributed by atoms with E-state index in [0.717, 1.165) is 12.0 Å². The second-order valence-corrected chi connectivity index (χ2v) is 6.75. The summed E-state index contributed by atoms with van der Waals surface area (Å²) in [6, 6.07) is 12.3. The maximum absolute atomic E-state index is 12.2. The van der Waals surface area contributed by atoms with E-state index in [2.05, 4.69) is 0 Å². The predicted octanol–water partition coefficient (Wildman–Crippen LogP) is 3.65. The molecule has 6 nitrogen and oxygen atoms in total. The average molecular weight is 367 g/mol. The number of nitrogens with zero attached hydrogens (tertiary/aromatic N) is 1. The van der Waals surface area contributed by atoms with Crippen LogP contribution in [0.1, 0.15) is 31.9 Å². The topological polar surface area (TPSA) is 77.8 Å². The maximum atomic E-state index is 12.2. The molecule has 0 aliphatic carbocycles. The fraction of sp³-hybridized carbons (Fsp3) is 0.333. The first-order valence-corrected chi connectivity index (χ1v) is 8.73. The van der Waals surface area contributed by atoms with Crippen LogP contribution in [0.2, 0.25) is 0 Å². The quantitative estimate of drug-likeness (QED) is 0.573. The Labute approximate surface area is 158 Å². The van der Waals surface area contributed by atoms with E-state index >= 15 is 0 Å². The molecule has 1 aliphatic rings. The monoisotopic (exact) mass is 367 g/mol. The smallest absolute Gasteiger partial charge is 0.349 e. The molecule has 140 valence electrons. The molecule has 0 atom stereocenters. The van der Waals surface area contributed by atoms with Crippen molar-refractivity contribution in [2.24, 2.45) is 0 Å². The Morgan fingerprint density at radius 1 is 1.19 bits per heavy atom. The zero-order chi connectivity index (χ0) is 19.4. The van der Waals surface area contributed by atoms with Crippen molar-refractivity contribution in [3.8, 4) is 29.1 Å². The van der Waals surface area contributed by atoms with Gasteiger partial charge in [0.25, 0.3) is 0 Å². The molecule has 0 spiro atoms. The van der Waals surface area contributed by atoms with Gasteiger partial charge < -0.3 is 18.9 Å². The number of para-hydroxylation sites is 1. The van der Waals surface area contributed by atoms with Crippen molar-refractivity contribution in [3.05, 3.63) is 47.5 Å². The Morgan fingerprint density at radius 2 is 2.00 bits per heavy atom. The second-order valence-electron chi connectivity index (χ2n) is 6.75. The average Bonchev–Trinajstić information content (AvgIpc) is 2.96. The van der Waals surface area contributed by atoms with Gasteiger partial charge in [-0.05, 0) is 39.0 Å². The van der Waals surface area contributed by atoms with Gasteiger partial charge in [-0.15, -0.1) is 0 Å². The summed E-state index contributed by atoms with van der Waals surface area (Å²) in [5, 5.41) is 8.98. The van der Waals surface area contributed by atoms with Crippen molar-refractivity contribution in [3.63, 3.8) is 0 Å². The second kappa shape index (κ2) is 7.58. The third kappa shape index (κ3) is 4.32. The summed E-state index contributed by atoms with van der Waals surface area (Å²) >= 11 is 0. The molecule has 1 heterocycles. The van der Waals surface area contributed by atoms with Gasteiger partial charge in [-0.1, -0.05) is 12.1 Å². The number of benzene rings is 2. The molecule has 2 aromatic carbocycles. The zero-order valence-electron chi connectivity index (χ0n) is 15.6. The number of fused-ring (bicyclic) bond motifs is 1. The molecule has 0 unspecified atom stereocenters. The van der Waals surface area contributed by atoms with Gasteiger partial charge in [0.05, 0.1) is 18.2 Å². The lowest BCUT2D eigenvalue weighted by Crippen LogP contribution is -2.25. The zero-order valence-corrected chi connectivity index (χ0v) is 15.6. The summed E-state index contributed by atoms with van der Waals surface area (Å²) in [6.45, 7) is 5.94. The minimum absolute atomic E-state index is 0.250. The molecule has 0 N–H and O–H groups in total. The van der Waals surface area contributed by atoms with Crippen molar-refractivity contribution in [2.45, 2.75) is 32.8 Å². The van der Waals surface area contributed by atoms with Crippen LogP contribution in [0, 0.1) is 11.3 Å². The predicted molar refractivity (Wildman–Crippen MR) is 98.3 cm³/mol. The Kier molecular flexibility index (Phi) is 5.22. The third-order valence-corrected chi connectivity index (χ3v) is 4.00.